The molecule has 2 aromatic rings. The molecule has 4 rings (SSSR count). The van der Waals surface area contributed by atoms with Gasteiger partial charge >= 0.3 is 0 Å². The van der Waals surface area contributed by atoms with E-state index in [0.717, 1.165) is 23.0 Å². The summed E-state index contributed by atoms with van der Waals surface area (Å²) >= 11 is 1.09. The molecule has 0 radical (unpaired) electrons. The number of amidine groups is 1. The minimum atomic E-state index is -1.34. The average Bonchev–Trinajstić information content (AvgIpc) is 3.18. The third-order valence-corrected chi connectivity index (χ3v) is 6.12. The second kappa shape index (κ2) is 7.36. The second-order valence-corrected chi connectivity index (χ2v) is 8.05. The van der Waals surface area contributed by atoms with E-state index in [4.69, 9.17) is 0 Å². The molecule has 7 nitrogen and oxygen atoms in total. The van der Waals surface area contributed by atoms with Crippen LogP contribution in [0.5, 0.6) is 0 Å². The Morgan fingerprint density at radius 1 is 1.07 bits per heavy atom. The lowest BCUT2D eigenvalue weighted by atomic mass is 10.1. The molecule has 2 aliphatic heterocycles. The van der Waals surface area contributed by atoms with Crippen molar-refractivity contribution in [3.63, 3.8) is 0 Å². The number of benzene rings is 2. The predicted octanol–water partition coefficient (Wildman–Crippen LogP) is 2.43. The van der Waals surface area contributed by atoms with E-state index in [-0.39, 0.29) is 22.9 Å². The van der Waals surface area contributed by atoms with Crippen molar-refractivity contribution >= 4 is 40.3 Å². The van der Waals surface area contributed by atoms with Crippen LogP contribution >= 0.6 is 11.8 Å². The van der Waals surface area contributed by atoms with Crippen molar-refractivity contribution in [2.45, 2.75) is 25.1 Å². The zero-order chi connectivity index (χ0) is 20.6. The van der Waals surface area contributed by atoms with Crippen molar-refractivity contribution in [1.29, 1.82) is 0 Å². The van der Waals surface area contributed by atoms with Gasteiger partial charge in [0.25, 0.3) is 5.91 Å². The maximum absolute atomic E-state index is 13.7. The summed E-state index contributed by atoms with van der Waals surface area (Å²) in [5.74, 6) is -0.915. The summed E-state index contributed by atoms with van der Waals surface area (Å²) in [5, 5.41) is 8.28. The zero-order valence-electron chi connectivity index (χ0n) is 16.1. The van der Waals surface area contributed by atoms with Gasteiger partial charge in [0.15, 0.2) is 5.17 Å². The van der Waals surface area contributed by atoms with E-state index >= 15 is 0 Å². The van der Waals surface area contributed by atoms with Crippen LogP contribution in [0.15, 0.2) is 59.7 Å². The fraction of sp³-hybridized carbons (Fsp3) is 0.238. The summed E-state index contributed by atoms with van der Waals surface area (Å²) in [5.41, 5.74) is 2.57. The number of anilines is 1. The quantitative estimate of drug-likeness (QED) is 0.846. The van der Waals surface area contributed by atoms with E-state index in [1.807, 2.05) is 54.6 Å². The van der Waals surface area contributed by atoms with Crippen molar-refractivity contribution in [3.8, 4) is 0 Å². The maximum Gasteiger partial charge on any atom is 0.270 e. The lowest BCUT2D eigenvalue weighted by molar-refractivity contribution is -0.139. The molecule has 0 saturated carbocycles. The number of fused-ring (bicyclic) bond motifs is 2. The molecule has 0 bridgehead atoms. The van der Waals surface area contributed by atoms with Gasteiger partial charge in [0.05, 0.1) is 5.69 Å². The van der Waals surface area contributed by atoms with Gasteiger partial charge in [-0.1, -0.05) is 48.5 Å². The van der Waals surface area contributed by atoms with Crippen LogP contribution in [0, 0.1) is 0 Å². The van der Waals surface area contributed by atoms with Crippen LogP contribution in [0.3, 0.4) is 0 Å². The Balaban J connectivity index is 1.72. The first kappa shape index (κ1) is 19.2. The molecule has 1 N–H and O–H groups in total. The highest BCUT2D eigenvalue weighted by Gasteiger charge is 2.60. The van der Waals surface area contributed by atoms with Crippen LogP contribution in [-0.4, -0.2) is 34.4 Å². The molecule has 148 valence electrons. The maximum atomic E-state index is 13.7. The van der Waals surface area contributed by atoms with Gasteiger partial charge < -0.3 is 10.2 Å². The topological polar surface area (TPSA) is 82.1 Å². The fourth-order valence-electron chi connectivity index (χ4n) is 3.67. The first-order valence-electron chi connectivity index (χ1n) is 9.25. The molecule has 0 fully saturated rings. The Morgan fingerprint density at radius 2 is 1.76 bits per heavy atom. The molecule has 2 heterocycles. The lowest BCUT2D eigenvalue weighted by Crippen LogP contribution is -2.48. The van der Waals surface area contributed by atoms with E-state index in [1.54, 1.807) is 4.90 Å². The number of carbonyl (C=O) groups excluding carboxylic acids is 3. The van der Waals surface area contributed by atoms with Crippen molar-refractivity contribution in [2.75, 3.05) is 11.4 Å². The summed E-state index contributed by atoms with van der Waals surface area (Å²) in [7, 11) is 0. The SMILES string of the molecule is CC(=O)NC1=NN(C(C)=O)[C@]2(S1)C(=O)N(CCc1ccccc1)c1ccccc12. The highest BCUT2D eigenvalue weighted by molar-refractivity contribution is 8.15. The normalized spacial score (nSPS) is 20.1. The summed E-state index contributed by atoms with van der Waals surface area (Å²) in [6.45, 7) is 3.21. The highest BCUT2D eigenvalue weighted by Crippen LogP contribution is 2.54. The van der Waals surface area contributed by atoms with Crippen molar-refractivity contribution in [3.05, 3.63) is 65.7 Å². The van der Waals surface area contributed by atoms with Gasteiger partial charge in [0, 0.05) is 26.0 Å². The van der Waals surface area contributed by atoms with Crippen LogP contribution in [0.25, 0.3) is 0 Å². The third kappa shape index (κ3) is 3.19. The molecular weight excluding hydrogens is 388 g/mol. The first-order valence-corrected chi connectivity index (χ1v) is 10.1. The van der Waals surface area contributed by atoms with Crippen molar-refractivity contribution in [1.82, 2.24) is 10.3 Å². The van der Waals surface area contributed by atoms with E-state index in [2.05, 4.69) is 10.4 Å². The fourth-order valence-corrected chi connectivity index (χ4v) is 5.00. The number of nitrogens with one attached hydrogen (secondary N) is 1. The van der Waals surface area contributed by atoms with Crippen molar-refractivity contribution < 1.29 is 14.4 Å². The smallest absolute Gasteiger partial charge is 0.270 e. The standard InChI is InChI=1S/C21H20N4O3S/c1-14(26)22-20-23-25(15(2)27)21(29-20)17-10-6-7-11-18(17)24(19(21)28)13-12-16-8-4-3-5-9-16/h3-11H,12-13H2,1-2H3,(H,22,23,26)/t21-/m1/s1. The number of carbonyl (C=O) groups is 3. The molecule has 0 aromatic heterocycles. The van der Waals surface area contributed by atoms with Crippen molar-refractivity contribution in [2.24, 2.45) is 5.10 Å². The molecule has 29 heavy (non-hydrogen) atoms. The monoisotopic (exact) mass is 408 g/mol. The number of hydrazone groups is 1. The summed E-state index contributed by atoms with van der Waals surface area (Å²) in [6.07, 6.45) is 0.682. The van der Waals surface area contributed by atoms with Gasteiger partial charge in [-0.3, -0.25) is 14.4 Å². The Bertz CT molecular complexity index is 1020. The molecule has 0 aliphatic carbocycles. The molecule has 1 spiro atoms. The Morgan fingerprint density at radius 3 is 2.45 bits per heavy atom. The van der Waals surface area contributed by atoms with E-state index in [1.165, 1.54) is 18.9 Å². The number of thioether (sulfide) groups is 1. The van der Waals surface area contributed by atoms with E-state index < -0.39 is 4.87 Å². The van der Waals surface area contributed by atoms with Gasteiger partial charge in [-0.25, -0.2) is 0 Å². The molecule has 8 heteroatoms. The number of hydrogen-bond donors (Lipinski definition) is 1. The van der Waals surface area contributed by atoms with E-state index in [9.17, 15) is 14.4 Å². The largest absolute Gasteiger partial charge is 0.308 e. The molecule has 0 saturated heterocycles. The van der Waals surface area contributed by atoms with Crippen LogP contribution in [0.1, 0.15) is 25.0 Å². The number of nitrogens with zero attached hydrogens (tertiary/aromatic N) is 3. The van der Waals surface area contributed by atoms with Crippen LogP contribution in [0.4, 0.5) is 5.69 Å². The van der Waals surface area contributed by atoms with Crippen LogP contribution in [0.2, 0.25) is 0 Å². The predicted molar refractivity (Wildman–Crippen MR) is 112 cm³/mol. The number of hydrogen-bond acceptors (Lipinski definition) is 5. The molecule has 2 aliphatic rings. The second-order valence-electron chi connectivity index (χ2n) is 6.87. The van der Waals surface area contributed by atoms with Crippen LogP contribution < -0.4 is 10.2 Å². The Kier molecular flexibility index (Phi) is 4.87. The Hall–Kier alpha value is -3.13. The molecule has 0 unspecified atom stereocenters. The minimum Gasteiger partial charge on any atom is -0.308 e. The third-order valence-electron chi connectivity index (χ3n) is 4.88. The first-order chi connectivity index (χ1) is 13.9. The summed E-state index contributed by atoms with van der Waals surface area (Å²) in [4.78, 5) is 38.0. The van der Waals surface area contributed by atoms with E-state index in [0.29, 0.717) is 18.5 Å². The molecule has 1 atom stereocenters. The van der Waals surface area contributed by atoms with Crippen LogP contribution in [-0.2, 0) is 25.7 Å². The van der Waals surface area contributed by atoms with Gasteiger partial charge in [0.2, 0.25) is 16.7 Å². The lowest BCUT2D eigenvalue weighted by Gasteiger charge is -2.29. The number of para-hydroxylation sites is 1. The average molecular weight is 408 g/mol. The number of amides is 3. The molecule has 3 amide bonds. The molecular formula is C21H20N4O3S. The van der Waals surface area contributed by atoms with Gasteiger partial charge in [-0.2, -0.15) is 5.01 Å². The summed E-state index contributed by atoms with van der Waals surface area (Å²) < 4.78 is 0. The highest BCUT2D eigenvalue weighted by atomic mass is 32.2. The Labute approximate surface area is 172 Å². The summed E-state index contributed by atoms with van der Waals surface area (Å²) in [6, 6.07) is 17.3. The molecule has 2 aromatic carbocycles. The van der Waals surface area contributed by atoms with Gasteiger partial charge in [-0.15, -0.1) is 5.10 Å². The minimum absolute atomic E-state index is 0.237. The van der Waals surface area contributed by atoms with Gasteiger partial charge in [0.1, 0.15) is 0 Å². The number of rotatable bonds is 3. The zero-order valence-corrected chi connectivity index (χ0v) is 16.9. The van der Waals surface area contributed by atoms with Gasteiger partial charge in [-0.05, 0) is 29.8 Å².